The number of hydrogen-bond donors (Lipinski definition) is 1. The van der Waals surface area contributed by atoms with Crippen LogP contribution in [-0.2, 0) is 17.8 Å². The Balaban J connectivity index is 1.43. The number of amides is 1. The summed E-state index contributed by atoms with van der Waals surface area (Å²) in [6.45, 7) is 2.80. The molecule has 0 heterocycles. The van der Waals surface area contributed by atoms with Crippen molar-refractivity contribution in [3.63, 3.8) is 0 Å². The molecule has 0 atom stereocenters. The zero-order valence-corrected chi connectivity index (χ0v) is 21.7. The van der Waals surface area contributed by atoms with Crippen LogP contribution in [0, 0.1) is 0 Å². The number of fused-ring (bicyclic) bond motifs is 1. The van der Waals surface area contributed by atoms with Crippen LogP contribution in [0.25, 0.3) is 10.8 Å². The fourth-order valence-electron chi connectivity index (χ4n) is 3.78. The average molecular weight is 547 g/mol. The van der Waals surface area contributed by atoms with Gasteiger partial charge in [-0.15, -0.1) is 0 Å². The third-order valence-electron chi connectivity index (χ3n) is 5.51. The molecule has 1 N–H and O–H groups in total. The summed E-state index contributed by atoms with van der Waals surface area (Å²) in [6, 6.07) is 25.5. The number of carbonyl (C=O) groups is 1. The molecule has 0 unspecified atom stereocenters. The normalized spacial score (nSPS) is 11.0. The van der Waals surface area contributed by atoms with E-state index in [2.05, 4.69) is 50.7 Å². The summed E-state index contributed by atoms with van der Waals surface area (Å²) in [7, 11) is 1.61. The maximum atomic E-state index is 12.3. The van der Waals surface area contributed by atoms with Crippen molar-refractivity contribution in [1.29, 1.82) is 0 Å². The molecule has 0 saturated heterocycles. The monoisotopic (exact) mass is 546 g/mol. The van der Waals surface area contributed by atoms with Crippen molar-refractivity contribution in [2.24, 2.45) is 5.10 Å². The molecular weight excluding hydrogens is 520 g/mol. The van der Waals surface area contributed by atoms with Crippen molar-refractivity contribution in [1.82, 2.24) is 5.43 Å². The van der Waals surface area contributed by atoms with Crippen molar-refractivity contribution in [2.75, 3.05) is 13.7 Å². The van der Waals surface area contributed by atoms with E-state index in [1.807, 2.05) is 61.5 Å². The van der Waals surface area contributed by atoms with Gasteiger partial charge in [0.1, 0.15) is 12.4 Å². The van der Waals surface area contributed by atoms with Gasteiger partial charge in [-0.3, -0.25) is 4.79 Å². The molecule has 4 aromatic rings. The van der Waals surface area contributed by atoms with Crippen LogP contribution in [0.15, 0.2) is 88.4 Å². The van der Waals surface area contributed by atoms with Gasteiger partial charge in [0.25, 0.3) is 0 Å². The first kappa shape index (κ1) is 25.3. The predicted molar refractivity (Wildman–Crippen MR) is 146 cm³/mol. The van der Waals surface area contributed by atoms with Gasteiger partial charge < -0.3 is 14.2 Å². The Labute approximate surface area is 219 Å². The molecule has 6 nitrogen and oxygen atoms in total. The Morgan fingerprint density at radius 2 is 1.78 bits per heavy atom. The third-order valence-corrected chi connectivity index (χ3v) is 6.10. The van der Waals surface area contributed by atoms with Crippen LogP contribution < -0.4 is 19.6 Å². The van der Waals surface area contributed by atoms with Gasteiger partial charge in [-0.05, 0) is 74.6 Å². The molecule has 0 aliphatic carbocycles. The number of rotatable bonds is 10. The molecule has 7 heteroatoms. The predicted octanol–water partition coefficient (Wildman–Crippen LogP) is 6.28. The van der Waals surface area contributed by atoms with Crippen LogP contribution >= 0.6 is 15.9 Å². The van der Waals surface area contributed by atoms with Crippen LogP contribution in [-0.4, -0.2) is 25.8 Å². The zero-order chi connectivity index (χ0) is 25.3. The Morgan fingerprint density at radius 3 is 2.56 bits per heavy atom. The van der Waals surface area contributed by atoms with Gasteiger partial charge in [0.15, 0.2) is 11.5 Å². The van der Waals surface area contributed by atoms with Crippen molar-refractivity contribution >= 4 is 38.8 Å². The molecule has 0 fully saturated rings. The van der Waals surface area contributed by atoms with Crippen LogP contribution in [0.4, 0.5) is 0 Å². The molecule has 0 radical (unpaired) electrons. The summed E-state index contributed by atoms with van der Waals surface area (Å²) >= 11 is 3.60. The fraction of sp³-hybridized carbons (Fsp3) is 0.172. The number of carbonyl (C=O) groups excluding carboxylic acids is 1. The summed E-state index contributed by atoms with van der Waals surface area (Å²) in [5, 5.41) is 6.43. The highest BCUT2D eigenvalue weighted by Gasteiger charge is 2.13. The van der Waals surface area contributed by atoms with Crippen molar-refractivity contribution < 1.29 is 19.0 Å². The van der Waals surface area contributed by atoms with E-state index >= 15 is 0 Å². The number of hydrogen-bond acceptors (Lipinski definition) is 5. The Hall–Kier alpha value is -3.84. The molecule has 184 valence electrons. The maximum Gasteiger partial charge on any atom is 0.244 e. The lowest BCUT2D eigenvalue weighted by molar-refractivity contribution is -0.120. The maximum absolute atomic E-state index is 12.3. The molecule has 36 heavy (non-hydrogen) atoms. The minimum atomic E-state index is -0.212. The van der Waals surface area contributed by atoms with Gasteiger partial charge in [0, 0.05) is 0 Å². The van der Waals surface area contributed by atoms with Gasteiger partial charge in [-0.1, -0.05) is 54.6 Å². The van der Waals surface area contributed by atoms with E-state index in [9.17, 15) is 4.79 Å². The zero-order valence-electron chi connectivity index (χ0n) is 20.2. The summed E-state index contributed by atoms with van der Waals surface area (Å²) in [5.74, 6) is 1.75. The first-order valence-electron chi connectivity index (χ1n) is 11.6. The van der Waals surface area contributed by atoms with Gasteiger partial charge >= 0.3 is 0 Å². The van der Waals surface area contributed by atoms with E-state index < -0.39 is 0 Å². The molecule has 1 amide bonds. The Morgan fingerprint density at radius 1 is 1.00 bits per heavy atom. The van der Waals surface area contributed by atoms with Gasteiger partial charge in [-0.25, -0.2) is 5.43 Å². The number of ether oxygens (including phenoxy) is 3. The molecule has 0 spiro atoms. The summed E-state index contributed by atoms with van der Waals surface area (Å²) in [4.78, 5) is 12.3. The highest BCUT2D eigenvalue weighted by molar-refractivity contribution is 9.10. The van der Waals surface area contributed by atoms with Gasteiger partial charge in [-0.2, -0.15) is 5.10 Å². The first-order valence-corrected chi connectivity index (χ1v) is 12.4. The second kappa shape index (κ2) is 12.2. The number of benzene rings is 4. The SMILES string of the molecule is CCOc1cc(/C=N\NC(=O)Cc2ccc(OC)cc2)cc(Br)c1OCc1cccc2ccccc12. The molecular formula is C29H27BrN2O4. The smallest absolute Gasteiger partial charge is 0.244 e. The minimum Gasteiger partial charge on any atom is -0.497 e. The topological polar surface area (TPSA) is 69.2 Å². The quantitative estimate of drug-likeness (QED) is 0.187. The van der Waals surface area contributed by atoms with E-state index in [1.54, 1.807) is 13.3 Å². The molecule has 4 aromatic carbocycles. The lowest BCUT2D eigenvalue weighted by Crippen LogP contribution is -2.19. The number of methoxy groups -OCH3 is 1. The Kier molecular flexibility index (Phi) is 8.57. The standard InChI is InChI=1S/C29H27BrN2O4/c1-3-35-27-16-21(18-31-32-28(33)17-20-11-13-24(34-2)14-12-20)15-26(30)29(27)36-19-23-9-6-8-22-7-4-5-10-25(22)23/h4-16,18H,3,17,19H2,1-2H3,(H,32,33)/b31-18-. The van der Waals surface area contributed by atoms with E-state index in [-0.39, 0.29) is 12.3 Å². The first-order chi connectivity index (χ1) is 17.6. The van der Waals surface area contributed by atoms with Crippen LogP contribution in [0.1, 0.15) is 23.6 Å². The number of nitrogens with one attached hydrogen (secondary N) is 1. The molecule has 0 bridgehead atoms. The number of halogens is 1. The molecule has 0 aliphatic heterocycles. The lowest BCUT2D eigenvalue weighted by atomic mass is 10.1. The third kappa shape index (κ3) is 6.43. The lowest BCUT2D eigenvalue weighted by Gasteiger charge is -2.15. The van der Waals surface area contributed by atoms with E-state index in [0.29, 0.717) is 24.7 Å². The van der Waals surface area contributed by atoms with Gasteiger partial charge in [0.2, 0.25) is 5.91 Å². The van der Waals surface area contributed by atoms with E-state index in [0.717, 1.165) is 32.3 Å². The van der Waals surface area contributed by atoms with Gasteiger partial charge in [0.05, 0.1) is 30.8 Å². The molecule has 0 saturated carbocycles. The van der Waals surface area contributed by atoms with Crippen LogP contribution in [0.2, 0.25) is 0 Å². The molecule has 0 aromatic heterocycles. The fourth-order valence-corrected chi connectivity index (χ4v) is 4.36. The summed E-state index contributed by atoms with van der Waals surface area (Å²) in [5.41, 5.74) is 5.29. The van der Waals surface area contributed by atoms with Crippen LogP contribution in [0.5, 0.6) is 17.2 Å². The Bertz CT molecular complexity index is 1360. The second-order valence-electron chi connectivity index (χ2n) is 8.01. The van der Waals surface area contributed by atoms with E-state index in [4.69, 9.17) is 14.2 Å². The highest BCUT2D eigenvalue weighted by Crippen LogP contribution is 2.37. The van der Waals surface area contributed by atoms with Crippen molar-refractivity contribution in [2.45, 2.75) is 20.0 Å². The summed E-state index contributed by atoms with van der Waals surface area (Å²) in [6.07, 6.45) is 1.80. The summed E-state index contributed by atoms with van der Waals surface area (Å²) < 4.78 is 17.9. The van der Waals surface area contributed by atoms with Crippen molar-refractivity contribution in [3.8, 4) is 17.2 Å². The highest BCUT2D eigenvalue weighted by atomic mass is 79.9. The second-order valence-corrected chi connectivity index (χ2v) is 8.86. The largest absolute Gasteiger partial charge is 0.497 e. The molecule has 0 aliphatic rings. The average Bonchev–Trinajstić information content (AvgIpc) is 2.89. The minimum absolute atomic E-state index is 0.212. The number of nitrogens with zero attached hydrogens (tertiary/aromatic N) is 1. The number of hydrazone groups is 1. The molecule has 4 rings (SSSR count). The van der Waals surface area contributed by atoms with Crippen LogP contribution in [0.3, 0.4) is 0 Å². The van der Waals surface area contributed by atoms with Crippen molar-refractivity contribution in [3.05, 3.63) is 100 Å². The van der Waals surface area contributed by atoms with E-state index in [1.165, 1.54) is 5.39 Å².